The number of phenolic OH excluding ortho intramolecular Hbond substituents is 1. The van der Waals surface area contributed by atoms with Gasteiger partial charge in [0, 0.05) is 23.6 Å². The van der Waals surface area contributed by atoms with Gasteiger partial charge < -0.3 is 14.7 Å². The molecule has 0 spiro atoms. The lowest BCUT2D eigenvalue weighted by molar-refractivity contribution is -0.223. The highest BCUT2D eigenvalue weighted by atomic mass is 35.5. The number of para-hydroxylation sites is 1. The van der Waals surface area contributed by atoms with Crippen LogP contribution in [0.2, 0.25) is 10.0 Å². The number of fused-ring (bicyclic) bond motifs is 1. The second-order valence-electron chi connectivity index (χ2n) is 4.65. The van der Waals surface area contributed by atoms with Gasteiger partial charge in [0.05, 0.1) is 16.7 Å². The highest BCUT2D eigenvalue weighted by molar-refractivity contribution is 6.37. The van der Waals surface area contributed by atoms with Crippen molar-refractivity contribution in [3.8, 4) is 17.2 Å². The quantitative estimate of drug-likeness (QED) is 0.859. The number of ether oxygens (including phenoxy) is 1. The second kappa shape index (κ2) is 6.02. The lowest BCUT2D eigenvalue weighted by Gasteiger charge is -2.24. The predicted octanol–water partition coefficient (Wildman–Crippen LogP) is 4.19. The maximum Gasteiger partial charge on any atom is 0.169 e. The van der Waals surface area contributed by atoms with Crippen LogP contribution in [-0.2, 0) is 4.89 Å². The number of aromatic hydroxyl groups is 1. The van der Waals surface area contributed by atoms with Gasteiger partial charge in [0.25, 0.3) is 0 Å². The molecule has 0 radical (unpaired) electrons. The number of hydrogen-bond donors (Lipinski definition) is 1. The minimum Gasteiger partial charge on any atom is -0.508 e. The maximum atomic E-state index is 9.40. The number of rotatable bonds is 3. The fraction of sp³-hybridized carbons (Fsp3) is 0.200. The van der Waals surface area contributed by atoms with E-state index in [1.165, 1.54) is 12.1 Å². The van der Waals surface area contributed by atoms with Crippen molar-refractivity contribution >= 4 is 23.2 Å². The van der Waals surface area contributed by atoms with E-state index in [4.69, 9.17) is 37.7 Å². The largest absolute Gasteiger partial charge is 0.508 e. The summed E-state index contributed by atoms with van der Waals surface area (Å²) in [4.78, 5) is 10.2. The zero-order valence-corrected chi connectivity index (χ0v) is 12.4. The third-order valence-electron chi connectivity index (χ3n) is 3.19. The summed E-state index contributed by atoms with van der Waals surface area (Å²) >= 11 is 12.1. The van der Waals surface area contributed by atoms with Crippen LogP contribution < -0.4 is 9.62 Å². The SMILES string of the molecule is Oc1cc(Cl)c(OCC2COOc3ccccc32)c(Cl)c1. The van der Waals surface area contributed by atoms with Crippen LogP contribution >= 0.6 is 23.2 Å². The molecule has 21 heavy (non-hydrogen) atoms. The van der Waals surface area contributed by atoms with Gasteiger partial charge in [0.1, 0.15) is 12.4 Å². The van der Waals surface area contributed by atoms with E-state index in [-0.39, 0.29) is 21.7 Å². The number of benzene rings is 2. The van der Waals surface area contributed by atoms with E-state index in [1.807, 2.05) is 24.3 Å². The second-order valence-corrected chi connectivity index (χ2v) is 5.47. The maximum absolute atomic E-state index is 9.40. The van der Waals surface area contributed by atoms with Crippen molar-refractivity contribution in [3.63, 3.8) is 0 Å². The van der Waals surface area contributed by atoms with Crippen molar-refractivity contribution in [1.29, 1.82) is 0 Å². The van der Waals surface area contributed by atoms with Gasteiger partial charge in [-0.1, -0.05) is 41.4 Å². The summed E-state index contributed by atoms with van der Waals surface area (Å²) in [5.74, 6) is 1.04. The monoisotopic (exact) mass is 326 g/mol. The van der Waals surface area contributed by atoms with Gasteiger partial charge in [-0.2, -0.15) is 4.89 Å². The van der Waals surface area contributed by atoms with Crippen molar-refractivity contribution in [2.24, 2.45) is 0 Å². The fourth-order valence-electron chi connectivity index (χ4n) is 2.17. The molecule has 1 unspecified atom stereocenters. The molecule has 3 rings (SSSR count). The Morgan fingerprint density at radius 3 is 2.67 bits per heavy atom. The van der Waals surface area contributed by atoms with Crippen molar-refractivity contribution in [2.45, 2.75) is 5.92 Å². The highest BCUT2D eigenvalue weighted by Gasteiger charge is 2.24. The van der Waals surface area contributed by atoms with Crippen LogP contribution in [0.25, 0.3) is 0 Å². The topological polar surface area (TPSA) is 47.9 Å². The molecule has 4 nitrogen and oxygen atoms in total. The molecular formula is C15H12Cl2O4. The van der Waals surface area contributed by atoms with E-state index in [9.17, 15) is 5.11 Å². The van der Waals surface area contributed by atoms with Crippen molar-refractivity contribution in [1.82, 2.24) is 0 Å². The van der Waals surface area contributed by atoms with Crippen molar-refractivity contribution in [2.75, 3.05) is 13.2 Å². The molecule has 1 N–H and O–H groups in total. The molecule has 1 aliphatic heterocycles. The Labute approximate surface area is 131 Å². The molecule has 1 heterocycles. The highest BCUT2D eigenvalue weighted by Crippen LogP contribution is 2.38. The summed E-state index contributed by atoms with van der Waals surface area (Å²) in [6, 6.07) is 10.4. The van der Waals surface area contributed by atoms with Crippen molar-refractivity contribution < 1.29 is 19.6 Å². The minimum atomic E-state index is -0.00269. The first-order valence-corrected chi connectivity index (χ1v) is 7.10. The van der Waals surface area contributed by atoms with E-state index in [2.05, 4.69) is 0 Å². The molecule has 0 aliphatic carbocycles. The fourth-order valence-corrected chi connectivity index (χ4v) is 2.75. The first kappa shape index (κ1) is 14.3. The van der Waals surface area contributed by atoms with Gasteiger partial charge in [-0.3, -0.25) is 0 Å². The molecule has 1 aliphatic rings. The standard InChI is InChI=1S/C15H12Cl2O4/c16-12-5-10(18)6-13(17)15(12)19-7-9-8-20-21-14-4-2-1-3-11(9)14/h1-6,9,18H,7-8H2. The van der Waals surface area contributed by atoms with E-state index >= 15 is 0 Å². The summed E-state index contributed by atoms with van der Waals surface area (Å²) in [7, 11) is 0. The Morgan fingerprint density at radius 2 is 1.90 bits per heavy atom. The van der Waals surface area contributed by atoms with E-state index in [0.717, 1.165) is 5.56 Å². The van der Waals surface area contributed by atoms with Gasteiger partial charge >= 0.3 is 0 Å². The molecule has 1 atom stereocenters. The minimum absolute atomic E-state index is 0.00269. The third kappa shape index (κ3) is 3.02. The molecule has 0 aromatic heterocycles. The van der Waals surface area contributed by atoms with Crippen LogP contribution in [0.1, 0.15) is 11.5 Å². The van der Waals surface area contributed by atoms with Gasteiger partial charge in [0.15, 0.2) is 11.5 Å². The average molecular weight is 327 g/mol. The van der Waals surface area contributed by atoms with Crippen LogP contribution in [0.15, 0.2) is 36.4 Å². The Kier molecular flexibility index (Phi) is 4.10. The zero-order chi connectivity index (χ0) is 14.8. The van der Waals surface area contributed by atoms with Crippen LogP contribution in [-0.4, -0.2) is 18.3 Å². The first-order chi connectivity index (χ1) is 10.1. The van der Waals surface area contributed by atoms with Crippen LogP contribution in [0, 0.1) is 0 Å². The average Bonchev–Trinajstić information content (AvgIpc) is 2.46. The Morgan fingerprint density at radius 1 is 1.19 bits per heavy atom. The molecule has 110 valence electrons. The number of halogens is 2. The number of hydrogen-bond acceptors (Lipinski definition) is 4. The van der Waals surface area contributed by atoms with Crippen LogP contribution in [0.4, 0.5) is 0 Å². The van der Waals surface area contributed by atoms with Gasteiger partial charge in [-0.15, -0.1) is 0 Å². The van der Waals surface area contributed by atoms with Gasteiger partial charge in [-0.25, -0.2) is 0 Å². The first-order valence-electron chi connectivity index (χ1n) is 6.34. The van der Waals surface area contributed by atoms with E-state index in [1.54, 1.807) is 0 Å². The Balaban J connectivity index is 1.78. The number of phenols is 1. The summed E-state index contributed by atoms with van der Waals surface area (Å²) < 4.78 is 5.71. The summed E-state index contributed by atoms with van der Waals surface area (Å²) in [6.45, 7) is 0.717. The summed E-state index contributed by atoms with van der Waals surface area (Å²) in [6.07, 6.45) is 0. The normalized spacial score (nSPS) is 17.0. The third-order valence-corrected chi connectivity index (χ3v) is 3.75. The molecule has 2 aromatic carbocycles. The molecule has 0 bridgehead atoms. The lowest BCUT2D eigenvalue weighted by atomic mass is 9.99. The molecule has 6 heteroatoms. The van der Waals surface area contributed by atoms with E-state index < -0.39 is 0 Å². The predicted molar refractivity (Wildman–Crippen MR) is 79.4 cm³/mol. The molecule has 2 aromatic rings. The van der Waals surface area contributed by atoms with E-state index in [0.29, 0.717) is 24.7 Å². The zero-order valence-electron chi connectivity index (χ0n) is 10.9. The van der Waals surface area contributed by atoms with Crippen LogP contribution in [0.3, 0.4) is 0 Å². The smallest absolute Gasteiger partial charge is 0.169 e. The lowest BCUT2D eigenvalue weighted by Crippen LogP contribution is -2.22. The van der Waals surface area contributed by atoms with Crippen LogP contribution in [0.5, 0.6) is 17.2 Å². The molecular weight excluding hydrogens is 315 g/mol. The summed E-state index contributed by atoms with van der Waals surface area (Å²) in [5.41, 5.74) is 1.01. The molecule has 0 amide bonds. The van der Waals surface area contributed by atoms with Gasteiger partial charge in [-0.05, 0) is 6.07 Å². The summed E-state index contributed by atoms with van der Waals surface area (Å²) in [5, 5.41) is 9.93. The van der Waals surface area contributed by atoms with Gasteiger partial charge in [0.2, 0.25) is 0 Å². The molecule has 0 fully saturated rings. The Hall–Kier alpha value is -1.62. The molecule has 0 saturated carbocycles. The van der Waals surface area contributed by atoms with Crippen molar-refractivity contribution in [3.05, 3.63) is 52.0 Å². The molecule has 0 saturated heterocycles. The Bertz CT molecular complexity index is 637.